The summed E-state index contributed by atoms with van der Waals surface area (Å²) >= 11 is 0. The molecule has 0 saturated heterocycles. The Bertz CT molecular complexity index is 345. The highest BCUT2D eigenvalue weighted by Gasteiger charge is 2.12. The van der Waals surface area contributed by atoms with E-state index in [1.807, 2.05) is 13.8 Å². The highest BCUT2D eigenvalue weighted by molar-refractivity contribution is 5.81. The van der Waals surface area contributed by atoms with E-state index in [0.29, 0.717) is 25.0 Å². The quantitative estimate of drug-likeness (QED) is 0.324. The SMILES string of the molecule is CN=C(NCCCN(C(C)C)C(C)C)NCCC(=O)NC(C)C. The average molecular weight is 328 g/mol. The van der Waals surface area contributed by atoms with E-state index in [4.69, 9.17) is 0 Å². The summed E-state index contributed by atoms with van der Waals surface area (Å²) < 4.78 is 0. The maximum absolute atomic E-state index is 11.6. The van der Waals surface area contributed by atoms with E-state index < -0.39 is 0 Å². The molecule has 0 radical (unpaired) electrons. The van der Waals surface area contributed by atoms with Crippen LogP contribution < -0.4 is 16.0 Å². The first-order valence-corrected chi connectivity index (χ1v) is 8.77. The van der Waals surface area contributed by atoms with Gasteiger partial charge in [0.05, 0.1) is 0 Å². The smallest absolute Gasteiger partial charge is 0.221 e. The number of nitrogens with zero attached hydrogens (tertiary/aromatic N) is 2. The Kier molecular flexibility index (Phi) is 11.5. The molecule has 23 heavy (non-hydrogen) atoms. The summed E-state index contributed by atoms with van der Waals surface area (Å²) in [5.41, 5.74) is 0. The van der Waals surface area contributed by atoms with Gasteiger partial charge >= 0.3 is 0 Å². The number of nitrogens with one attached hydrogen (secondary N) is 3. The Morgan fingerprint density at radius 2 is 1.57 bits per heavy atom. The number of hydrogen-bond acceptors (Lipinski definition) is 3. The molecule has 0 unspecified atom stereocenters. The number of amides is 1. The van der Waals surface area contributed by atoms with Crippen LogP contribution in [0.15, 0.2) is 4.99 Å². The van der Waals surface area contributed by atoms with E-state index in [1.54, 1.807) is 7.05 Å². The van der Waals surface area contributed by atoms with E-state index in [9.17, 15) is 4.79 Å². The van der Waals surface area contributed by atoms with Crippen LogP contribution >= 0.6 is 0 Å². The molecule has 0 saturated carbocycles. The van der Waals surface area contributed by atoms with E-state index in [-0.39, 0.29) is 11.9 Å². The molecule has 0 heterocycles. The minimum absolute atomic E-state index is 0.0625. The molecule has 6 nitrogen and oxygen atoms in total. The molecular weight excluding hydrogens is 290 g/mol. The zero-order valence-electron chi connectivity index (χ0n) is 16.1. The van der Waals surface area contributed by atoms with Crippen molar-refractivity contribution in [2.75, 3.05) is 26.7 Å². The largest absolute Gasteiger partial charge is 0.356 e. The third-order valence-electron chi connectivity index (χ3n) is 3.53. The summed E-state index contributed by atoms with van der Waals surface area (Å²) in [6.45, 7) is 15.4. The monoisotopic (exact) mass is 327 g/mol. The summed E-state index contributed by atoms with van der Waals surface area (Å²) in [5.74, 6) is 0.815. The van der Waals surface area contributed by atoms with Crippen LogP contribution in [0.25, 0.3) is 0 Å². The van der Waals surface area contributed by atoms with Gasteiger partial charge in [-0.1, -0.05) is 0 Å². The normalized spacial score (nSPS) is 12.4. The third kappa shape index (κ3) is 11.0. The van der Waals surface area contributed by atoms with Gasteiger partial charge in [-0.05, 0) is 48.0 Å². The van der Waals surface area contributed by atoms with Gasteiger partial charge in [0, 0.05) is 51.2 Å². The molecule has 0 fully saturated rings. The lowest BCUT2D eigenvalue weighted by molar-refractivity contribution is -0.121. The summed E-state index contributed by atoms with van der Waals surface area (Å²) in [6, 6.07) is 1.31. The number of carbonyl (C=O) groups is 1. The zero-order chi connectivity index (χ0) is 17.8. The molecule has 0 aliphatic heterocycles. The summed E-state index contributed by atoms with van der Waals surface area (Å²) in [6.07, 6.45) is 1.51. The van der Waals surface area contributed by atoms with Crippen LogP contribution in [0.2, 0.25) is 0 Å². The highest BCUT2D eigenvalue weighted by Crippen LogP contribution is 2.05. The number of guanidine groups is 1. The Balaban J connectivity index is 3.93. The molecule has 6 heteroatoms. The summed E-state index contributed by atoms with van der Waals surface area (Å²) in [4.78, 5) is 18.2. The van der Waals surface area contributed by atoms with Gasteiger partial charge in [0.2, 0.25) is 5.91 Å². The second-order valence-corrected chi connectivity index (χ2v) is 6.68. The highest BCUT2D eigenvalue weighted by atomic mass is 16.1. The van der Waals surface area contributed by atoms with E-state index in [0.717, 1.165) is 25.5 Å². The fourth-order valence-corrected chi connectivity index (χ4v) is 2.49. The van der Waals surface area contributed by atoms with Gasteiger partial charge < -0.3 is 16.0 Å². The number of aliphatic imine (C=N–C) groups is 1. The first kappa shape index (κ1) is 21.7. The van der Waals surface area contributed by atoms with Crippen LogP contribution in [-0.4, -0.2) is 61.6 Å². The van der Waals surface area contributed by atoms with Crippen molar-refractivity contribution >= 4 is 11.9 Å². The van der Waals surface area contributed by atoms with E-state index in [2.05, 4.69) is 53.5 Å². The van der Waals surface area contributed by atoms with Crippen LogP contribution in [0.1, 0.15) is 54.4 Å². The summed E-state index contributed by atoms with van der Waals surface area (Å²) in [5, 5.41) is 9.34. The first-order valence-electron chi connectivity index (χ1n) is 8.77. The van der Waals surface area contributed by atoms with E-state index in [1.165, 1.54) is 0 Å². The van der Waals surface area contributed by atoms with Crippen molar-refractivity contribution in [3.05, 3.63) is 0 Å². The standard InChI is InChI=1S/C17H37N5O/c1-13(2)21-16(23)9-11-20-17(18-7)19-10-8-12-22(14(3)4)15(5)6/h13-15H,8-12H2,1-7H3,(H,21,23)(H2,18,19,20). The fraction of sp³-hybridized carbons (Fsp3) is 0.882. The van der Waals surface area contributed by atoms with Gasteiger partial charge in [-0.2, -0.15) is 0 Å². The molecule has 1 amide bonds. The van der Waals surface area contributed by atoms with Gasteiger partial charge in [0.1, 0.15) is 0 Å². The molecule has 0 aliphatic rings. The first-order chi connectivity index (χ1) is 10.8. The second-order valence-electron chi connectivity index (χ2n) is 6.68. The van der Waals surface area contributed by atoms with Crippen molar-refractivity contribution in [3.8, 4) is 0 Å². The Labute approximate surface area is 142 Å². The number of hydrogen-bond donors (Lipinski definition) is 3. The van der Waals surface area contributed by atoms with Gasteiger partial charge in [0.25, 0.3) is 0 Å². The molecule has 3 N–H and O–H groups in total. The molecule has 0 aromatic heterocycles. The molecule has 0 atom stereocenters. The number of carbonyl (C=O) groups excluding carboxylic acids is 1. The second kappa shape index (κ2) is 12.2. The van der Waals surface area contributed by atoms with Gasteiger partial charge in [0.15, 0.2) is 5.96 Å². The van der Waals surface area contributed by atoms with Crippen LogP contribution in [0.5, 0.6) is 0 Å². The van der Waals surface area contributed by atoms with Crippen LogP contribution in [0, 0.1) is 0 Å². The fourth-order valence-electron chi connectivity index (χ4n) is 2.49. The molecule has 0 aliphatic carbocycles. The predicted octanol–water partition coefficient (Wildman–Crippen LogP) is 1.58. The van der Waals surface area contributed by atoms with Gasteiger partial charge in [-0.25, -0.2) is 0 Å². The molecular formula is C17H37N5O. The maximum Gasteiger partial charge on any atom is 0.221 e. The molecule has 0 aromatic rings. The third-order valence-corrected chi connectivity index (χ3v) is 3.53. The predicted molar refractivity (Wildman–Crippen MR) is 98.9 cm³/mol. The average Bonchev–Trinajstić information content (AvgIpc) is 2.43. The lowest BCUT2D eigenvalue weighted by Gasteiger charge is -2.30. The van der Waals surface area contributed by atoms with Crippen molar-refractivity contribution in [1.82, 2.24) is 20.9 Å². The van der Waals surface area contributed by atoms with Crippen LogP contribution in [0.4, 0.5) is 0 Å². The van der Waals surface area contributed by atoms with Crippen molar-refractivity contribution in [1.29, 1.82) is 0 Å². The molecule has 0 rings (SSSR count). The Morgan fingerprint density at radius 3 is 2.04 bits per heavy atom. The topological polar surface area (TPSA) is 68.8 Å². The lowest BCUT2D eigenvalue weighted by Crippen LogP contribution is -2.42. The van der Waals surface area contributed by atoms with Crippen molar-refractivity contribution < 1.29 is 4.79 Å². The number of rotatable bonds is 10. The van der Waals surface area contributed by atoms with E-state index >= 15 is 0 Å². The maximum atomic E-state index is 11.6. The molecule has 0 spiro atoms. The van der Waals surface area contributed by atoms with Gasteiger partial charge in [-0.3, -0.25) is 14.7 Å². The minimum atomic E-state index is 0.0625. The Morgan fingerprint density at radius 1 is 1.00 bits per heavy atom. The van der Waals surface area contributed by atoms with Crippen molar-refractivity contribution in [2.45, 2.75) is 72.5 Å². The van der Waals surface area contributed by atoms with Gasteiger partial charge in [-0.15, -0.1) is 0 Å². The molecule has 0 bridgehead atoms. The van der Waals surface area contributed by atoms with Crippen LogP contribution in [0.3, 0.4) is 0 Å². The lowest BCUT2D eigenvalue weighted by atomic mass is 10.2. The van der Waals surface area contributed by atoms with Crippen molar-refractivity contribution in [2.24, 2.45) is 4.99 Å². The van der Waals surface area contributed by atoms with Crippen LogP contribution in [-0.2, 0) is 4.79 Å². The zero-order valence-corrected chi connectivity index (χ0v) is 16.1. The van der Waals surface area contributed by atoms with Crippen molar-refractivity contribution in [3.63, 3.8) is 0 Å². The minimum Gasteiger partial charge on any atom is -0.356 e. The molecule has 0 aromatic carbocycles. The molecule has 136 valence electrons. The Hall–Kier alpha value is -1.30. The summed E-state index contributed by atoms with van der Waals surface area (Å²) in [7, 11) is 1.75.